The first-order valence-electron chi connectivity index (χ1n) is 13.7. The van der Waals surface area contributed by atoms with Gasteiger partial charge in [-0.2, -0.15) is 11.8 Å². The molecule has 2 unspecified atom stereocenters. The first kappa shape index (κ1) is 31.8. The normalized spacial score (nSPS) is 16.3. The number of carbonyl (C=O) groups excluding carboxylic acids is 3. The van der Waals surface area contributed by atoms with Crippen LogP contribution in [0.15, 0.2) is 24.3 Å². The highest BCUT2D eigenvalue weighted by atomic mass is 32.2. The van der Waals surface area contributed by atoms with Gasteiger partial charge in [-0.05, 0) is 90.0 Å². The molecular weight excluding hydrogens is 502 g/mol. The van der Waals surface area contributed by atoms with Gasteiger partial charge in [0.1, 0.15) is 23.4 Å². The van der Waals surface area contributed by atoms with Crippen molar-refractivity contribution in [1.82, 2.24) is 15.5 Å². The Hall–Kier alpha value is -2.42. The van der Waals surface area contributed by atoms with Crippen LogP contribution in [0.5, 0.6) is 5.75 Å². The Balaban J connectivity index is 2.53. The van der Waals surface area contributed by atoms with Crippen LogP contribution in [0.2, 0.25) is 0 Å². The average Bonchev–Trinajstić information content (AvgIpc) is 2.84. The van der Waals surface area contributed by atoms with Crippen LogP contribution < -0.4 is 10.6 Å². The lowest BCUT2D eigenvalue weighted by atomic mass is 9.90. The van der Waals surface area contributed by atoms with E-state index in [1.165, 1.54) is 12.1 Å². The van der Waals surface area contributed by atoms with Gasteiger partial charge in [-0.15, -0.1) is 0 Å². The quantitative estimate of drug-likeness (QED) is 0.334. The maximum atomic E-state index is 14.4. The number of ether oxygens (including phenoxy) is 1. The fourth-order valence-corrected chi connectivity index (χ4v) is 5.13. The Labute approximate surface area is 232 Å². The third kappa shape index (κ3) is 9.40. The predicted octanol–water partition coefficient (Wildman–Crippen LogP) is 5.55. The van der Waals surface area contributed by atoms with Crippen LogP contribution in [-0.2, 0) is 14.3 Å². The first-order valence-corrected chi connectivity index (χ1v) is 15.1. The minimum Gasteiger partial charge on any atom is -0.508 e. The van der Waals surface area contributed by atoms with Crippen LogP contribution in [0.25, 0.3) is 0 Å². The summed E-state index contributed by atoms with van der Waals surface area (Å²) in [6, 6.07) is 4.69. The molecule has 9 heteroatoms. The van der Waals surface area contributed by atoms with Crippen molar-refractivity contribution in [3.05, 3.63) is 29.8 Å². The van der Waals surface area contributed by atoms with Crippen LogP contribution in [0.4, 0.5) is 4.79 Å². The lowest BCUT2D eigenvalue weighted by Gasteiger charge is -2.45. The molecule has 2 atom stereocenters. The van der Waals surface area contributed by atoms with E-state index in [9.17, 15) is 19.5 Å². The molecule has 1 aliphatic carbocycles. The first-order chi connectivity index (χ1) is 17.8. The number of thioether (sulfide) groups is 1. The fourth-order valence-electron chi connectivity index (χ4n) is 4.66. The Bertz CT molecular complexity index is 923. The van der Waals surface area contributed by atoms with E-state index in [2.05, 4.69) is 10.6 Å². The van der Waals surface area contributed by atoms with Crippen LogP contribution in [0, 0.1) is 0 Å². The molecular formula is C29H47N3O5S. The van der Waals surface area contributed by atoms with Crippen LogP contribution in [0.1, 0.15) is 98.1 Å². The molecule has 1 fully saturated rings. The maximum absolute atomic E-state index is 14.4. The summed E-state index contributed by atoms with van der Waals surface area (Å²) < 4.78 is 5.46. The van der Waals surface area contributed by atoms with E-state index in [0.29, 0.717) is 24.2 Å². The number of hydrogen-bond donors (Lipinski definition) is 3. The molecule has 0 heterocycles. The Morgan fingerprint density at radius 1 is 1.08 bits per heavy atom. The number of phenolic OH excluding ortho intramolecular Hbond substituents is 1. The van der Waals surface area contributed by atoms with Gasteiger partial charge < -0.3 is 25.4 Å². The smallest absolute Gasteiger partial charge is 0.408 e. The summed E-state index contributed by atoms with van der Waals surface area (Å²) in [6.45, 7) is 11.2. The summed E-state index contributed by atoms with van der Waals surface area (Å²) in [4.78, 5) is 42.7. The van der Waals surface area contributed by atoms with Gasteiger partial charge in [0.25, 0.3) is 0 Å². The van der Waals surface area contributed by atoms with Gasteiger partial charge in [0.05, 0.1) is 0 Å². The number of benzene rings is 1. The van der Waals surface area contributed by atoms with E-state index in [-0.39, 0.29) is 23.6 Å². The highest BCUT2D eigenvalue weighted by molar-refractivity contribution is 7.98. The monoisotopic (exact) mass is 549 g/mol. The summed E-state index contributed by atoms with van der Waals surface area (Å²) in [5.74, 6) is 0.134. The standard InChI is InChI=1S/C29H47N3O5S/c1-8-29(5,6)32(26(35)23(18-19-38-7)31-27(36)37-28(2,3)4)24(20-14-16-22(33)17-15-20)25(34)30-21-12-10-9-11-13-21/h14-17,21,23-24,33H,8-13,18-19H2,1-7H3,(H,30,34)(H,31,36). The zero-order valence-electron chi connectivity index (χ0n) is 24.1. The summed E-state index contributed by atoms with van der Waals surface area (Å²) in [6.07, 6.45) is 7.37. The van der Waals surface area contributed by atoms with Crippen LogP contribution in [-0.4, -0.2) is 63.1 Å². The van der Waals surface area contributed by atoms with Gasteiger partial charge in [-0.3, -0.25) is 9.59 Å². The van der Waals surface area contributed by atoms with Crippen LogP contribution >= 0.6 is 11.8 Å². The van der Waals surface area contributed by atoms with E-state index < -0.39 is 29.3 Å². The molecule has 3 N–H and O–H groups in total. The van der Waals surface area contributed by atoms with Gasteiger partial charge in [0.15, 0.2) is 0 Å². The second-order valence-electron chi connectivity index (χ2n) is 11.7. The van der Waals surface area contributed by atoms with Crippen molar-refractivity contribution >= 4 is 29.7 Å². The van der Waals surface area contributed by atoms with E-state index >= 15 is 0 Å². The molecule has 2 rings (SSSR count). The molecule has 0 saturated heterocycles. The highest BCUT2D eigenvalue weighted by Crippen LogP contribution is 2.34. The van der Waals surface area contributed by atoms with E-state index in [1.807, 2.05) is 27.0 Å². The minimum absolute atomic E-state index is 0.0599. The molecule has 1 aromatic rings. The molecule has 0 bridgehead atoms. The molecule has 0 aromatic heterocycles. The molecule has 0 spiro atoms. The topological polar surface area (TPSA) is 108 Å². The third-order valence-corrected chi connectivity index (χ3v) is 7.67. The molecule has 1 aliphatic rings. The minimum atomic E-state index is -0.933. The molecule has 0 radical (unpaired) electrons. The van der Waals surface area contributed by atoms with Gasteiger partial charge in [-0.1, -0.05) is 38.3 Å². The average molecular weight is 550 g/mol. The third-order valence-electron chi connectivity index (χ3n) is 7.02. The predicted molar refractivity (Wildman–Crippen MR) is 153 cm³/mol. The van der Waals surface area contributed by atoms with Gasteiger partial charge in [0.2, 0.25) is 11.8 Å². The molecule has 3 amide bonds. The zero-order chi connectivity index (χ0) is 28.5. The van der Waals surface area contributed by atoms with Crippen molar-refractivity contribution < 1.29 is 24.2 Å². The lowest BCUT2D eigenvalue weighted by molar-refractivity contribution is -0.149. The number of rotatable bonds is 11. The number of nitrogens with zero attached hydrogens (tertiary/aromatic N) is 1. The van der Waals surface area contributed by atoms with Crippen molar-refractivity contribution in [3.8, 4) is 5.75 Å². The second-order valence-corrected chi connectivity index (χ2v) is 12.7. The lowest BCUT2D eigenvalue weighted by Crippen LogP contribution is -2.60. The number of nitrogens with one attached hydrogen (secondary N) is 2. The van der Waals surface area contributed by atoms with Gasteiger partial charge >= 0.3 is 6.09 Å². The number of alkyl carbamates (subject to hydrolysis) is 1. The maximum Gasteiger partial charge on any atom is 0.408 e. The van der Waals surface area contributed by atoms with Crippen LogP contribution in [0.3, 0.4) is 0 Å². The van der Waals surface area contributed by atoms with Crippen molar-refractivity contribution in [2.24, 2.45) is 0 Å². The highest BCUT2D eigenvalue weighted by Gasteiger charge is 2.43. The summed E-state index contributed by atoms with van der Waals surface area (Å²) in [5.41, 5.74) is -0.822. The Morgan fingerprint density at radius 3 is 2.21 bits per heavy atom. The molecule has 0 aliphatic heterocycles. The molecule has 1 saturated carbocycles. The van der Waals surface area contributed by atoms with Gasteiger partial charge in [-0.25, -0.2) is 4.79 Å². The van der Waals surface area contributed by atoms with E-state index in [0.717, 1.165) is 32.1 Å². The number of phenols is 1. The molecule has 214 valence electrons. The second kappa shape index (κ2) is 14.1. The van der Waals surface area contributed by atoms with E-state index in [1.54, 1.807) is 49.6 Å². The summed E-state index contributed by atoms with van der Waals surface area (Å²) in [7, 11) is 0. The number of hydrogen-bond acceptors (Lipinski definition) is 6. The summed E-state index contributed by atoms with van der Waals surface area (Å²) in [5, 5.41) is 15.9. The molecule has 8 nitrogen and oxygen atoms in total. The number of carbonyl (C=O) groups is 3. The van der Waals surface area contributed by atoms with Crippen molar-refractivity contribution in [1.29, 1.82) is 0 Å². The SMILES string of the molecule is CCC(C)(C)N(C(=O)C(CCSC)NC(=O)OC(C)(C)C)C(C(=O)NC1CCCCC1)c1ccc(O)cc1. The largest absolute Gasteiger partial charge is 0.508 e. The van der Waals surface area contributed by atoms with E-state index in [4.69, 9.17) is 4.74 Å². The van der Waals surface area contributed by atoms with Crippen molar-refractivity contribution in [3.63, 3.8) is 0 Å². The Morgan fingerprint density at radius 2 is 1.68 bits per heavy atom. The molecule has 1 aromatic carbocycles. The van der Waals surface area contributed by atoms with Crippen molar-refractivity contribution in [2.75, 3.05) is 12.0 Å². The molecule has 38 heavy (non-hydrogen) atoms. The van der Waals surface area contributed by atoms with Crippen molar-refractivity contribution in [2.45, 2.75) is 116 Å². The zero-order valence-corrected chi connectivity index (χ0v) is 25.0. The number of amides is 3. The fraction of sp³-hybridized carbons (Fsp3) is 0.690. The Kier molecular flexibility index (Phi) is 11.8. The summed E-state index contributed by atoms with van der Waals surface area (Å²) >= 11 is 1.58. The van der Waals surface area contributed by atoms with Gasteiger partial charge in [0, 0.05) is 11.6 Å². The number of aromatic hydroxyl groups is 1.